The van der Waals surface area contributed by atoms with E-state index in [9.17, 15) is 24.9 Å². The number of amides is 1. The molecule has 1 amide bonds. The smallest absolute Gasteiger partial charge is 0.266 e. The number of phenolic OH excluding ortho intramolecular Hbond substituents is 2. The Morgan fingerprint density at radius 3 is 2.67 bits per heavy atom. The molecule has 0 spiro atoms. The van der Waals surface area contributed by atoms with E-state index >= 15 is 0 Å². The van der Waals surface area contributed by atoms with Gasteiger partial charge in [-0.15, -0.1) is 0 Å². The number of hydrogen-bond acceptors (Lipinski definition) is 7. The van der Waals surface area contributed by atoms with Crippen molar-refractivity contribution < 1.29 is 24.9 Å². The molecule has 1 atom stereocenters. The molecule has 0 radical (unpaired) electrons. The maximum atomic E-state index is 12.2. The Labute approximate surface area is 129 Å². The minimum atomic E-state index is -1.39. The molecular formula is C13H10NO5S2-. The standard InChI is InChI=1S/C13H11NO5S2/c1-6(12(18)19)14-11(17)10(21-13(14)20)5-7-2-3-8(15)9(16)4-7/h2-6,15-16H,1H3,(H,18,19)/p-1/b10-5+/t6-/m1/s1. The summed E-state index contributed by atoms with van der Waals surface area (Å²) in [6, 6.07) is 2.91. The molecule has 6 nitrogen and oxygen atoms in total. The van der Waals surface area contributed by atoms with Crippen molar-refractivity contribution in [3.05, 3.63) is 28.7 Å². The number of phenols is 2. The van der Waals surface area contributed by atoms with Gasteiger partial charge in [-0.25, -0.2) is 0 Å². The van der Waals surface area contributed by atoms with Crippen LogP contribution in [-0.4, -0.2) is 37.4 Å². The summed E-state index contributed by atoms with van der Waals surface area (Å²) in [6.45, 7) is 1.31. The van der Waals surface area contributed by atoms with Crippen LogP contribution in [0.2, 0.25) is 0 Å². The van der Waals surface area contributed by atoms with Crippen LogP contribution < -0.4 is 5.11 Å². The number of benzene rings is 1. The van der Waals surface area contributed by atoms with Crippen LogP contribution in [0.3, 0.4) is 0 Å². The van der Waals surface area contributed by atoms with Gasteiger partial charge in [0.15, 0.2) is 11.5 Å². The number of nitrogens with zero attached hydrogens (tertiary/aromatic N) is 1. The third kappa shape index (κ3) is 3.01. The number of carboxylic acids is 1. The number of rotatable bonds is 3. The molecule has 1 aliphatic heterocycles. The van der Waals surface area contributed by atoms with Crippen LogP contribution in [0.4, 0.5) is 0 Å². The van der Waals surface area contributed by atoms with Crippen LogP contribution in [0.15, 0.2) is 23.1 Å². The van der Waals surface area contributed by atoms with E-state index in [2.05, 4.69) is 0 Å². The summed E-state index contributed by atoms with van der Waals surface area (Å²) in [5.41, 5.74) is 0.479. The first-order valence-corrected chi connectivity index (χ1v) is 7.03. The summed E-state index contributed by atoms with van der Waals surface area (Å²) >= 11 is 5.97. The summed E-state index contributed by atoms with van der Waals surface area (Å²) in [7, 11) is 0. The Kier molecular flexibility index (Phi) is 4.19. The lowest BCUT2D eigenvalue weighted by Gasteiger charge is -2.23. The average Bonchev–Trinajstić information content (AvgIpc) is 2.68. The molecule has 0 bridgehead atoms. The van der Waals surface area contributed by atoms with Crippen molar-refractivity contribution in [3.8, 4) is 11.5 Å². The highest BCUT2D eigenvalue weighted by atomic mass is 32.2. The molecule has 0 aromatic heterocycles. The zero-order valence-electron chi connectivity index (χ0n) is 10.8. The summed E-state index contributed by atoms with van der Waals surface area (Å²) in [5, 5.41) is 29.5. The lowest BCUT2D eigenvalue weighted by molar-refractivity contribution is -0.309. The summed E-state index contributed by atoms with van der Waals surface area (Å²) in [6.07, 6.45) is 1.46. The minimum Gasteiger partial charge on any atom is -0.548 e. The zero-order chi connectivity index (χ0) is 15.7. The molecule has 1 aliphatic rings. The Bertz CT molecular complexity index is 671. The highest BCUT2D eigenvalue weighted by molar-refractivity contribution is 8.26. The molecule has 1 aromatic rings. The molecule has 8 heteroatoms. The molecular weight excluding hydrogens is 314 g/mol. The second-order valence-corrected chi connectivity index (χ2v) is 5.97. The maximum Gasteiger partial charge on any atom is 0.266 e. The van der Waals surface area contributed by atoms with Crippen molar-refractivity contribution in [2.24, 2.45) is 0 Å². The molecule has 1 fully saturated rings. The van der Waals surface area contributed by atoms with E-state index in [1.807, 2.05) is 0 Å². The van der Waals surface area contributed by atoms with Gasteiger partial charge in [0.05, 0.1) is 16.9 Å². The van der Waals surface area contributed by atoms with Crippen molar-refractivity contribution in [2.45, 2.75) is 13.0 Å². The average molecular weight is 324 g/mol. The molecule has 0 unspecified atom stereocenters. The number of hydrogen-bond donors (Lipinski definition) is 2. The van der Waals surface area contributed by atoms with E-state index in [1.165, 1.54) is 31.2 Å². The van der Waals surface area contributed by atoms with E-state index in [4.69, 9.17) is 12.2 Å². The fraction of sp³-hybridized carbons (Fsp3) is 0.154. The van der Waals surface area contributed by atoms with Gasteiger partial charge < -0.3 is 20.1 Å². The van der Waals surface area contributed by atoms with Crippen LogP contribution in [0.25, 0.3) is 6.08 Å². The number of aromatic hydroxyl groups is 2. The van der Waals surface area contributed by atoms with Crippen LogP contribution in [0, 0.1) is 0 Å². The highest BCUT2D eigenvalue weighted by Crippen LogP contribution is 2.35. The number of carbonyl (C=O) groups excluding carboxylic acids is 2. The second-order valence-electron chi connectivity index (χ2n) is 4.29. The molecule has 1 saturated heterocycles. The zero-order valence-corrected chi connectivity index (χ0v) is 12.4. The molecule has 0 aliphatic carbocycles. The summed E-state index contributed by atoms with van der Waals surface area (Å²) in [4.78, 5) is 24.2. The molecule has 2 N–H and O–H groups in total. The van der Waals surface area contributed by atoms with Crippen molar-refractivity contribution in [1.29, 1.82) is 0 Å². The topological polar surface area (TPSA) is 101 Å². The fourth-order valence-corrected chi connectivity index (χ4v) is 3.12. The maximum absolute atomic E-state index is 12.2. The lowest BCUT2D eigenvalue weighted by atomic mass is 10.2. The van der Waals surface area contributed by atoms with Gasteiger partial charge in [-0.05, 0) is 30.7 Å². The number of carbonyl (C=O) groups is 2. The van der Waals surface area contributed by atoms with Gasteiger partial charge in [0.2, 0.25) is 0 Å². The molecule has 1 heterocycles. The third-order valence-electron chi connectivity index (χ3n) is 2.85. The van der Waals surface area contributed by atoms with Gasteiger partial charge in [0.1, 0.15) is 4.32 Å². The van der Waals surface area contributed by atoms with Crippen molar-refractivity contribution in [1.82, 2.24) is 4.90 Å². The van der Waals surface area contributed by atoms with Crippen LogP contribution in [0.5, 0.6) is 11.5 Å². The predicted molar refractivity (Wildman–Crippen MR) is 79.3 cm³/mol. The highest BCUT2D eigenvalue weighted by Gasteiger charge is 2.35. The van der Waals surface area contributed by atoms with Crippen molar-refractivity contribution in [2.75, 3.05) is 0 Å². The van der Waals surface area contributed by atoms with Crippen LogP contribution >= 0.6 is 24.0 Å². The Hall–Kier alpha value is -2.06. The molecule has 110 valence electrons. The van der Waals surface area contributed by atoms with Gasteiger partial charge in [-0.1, -0.05) is 30.0 Å². The first kappa shape index (κ1) is 15.3. The molecule has 21 heavy (non-hydrogen) atoms. The van der Waals surface area contributed by atoms with E-state index < -0.39 is 17.9 Å². The van der Waals surface area contributed by atoms with Gasteiger partial charge in [-0.2, -0.15) is 0 Å². The normalized spacial score (nSPS) is 18.3. The number of thioether (sulfide) groups is 1. The largest absolute Gasteiger partial charge is 0.548 e. The Morgan fingerprint density at radius 1 is 1.43 bits per heavy atom. The number of thiocarbonyl (C=S) groups is 1. The Morgan fingerprint density at radius 2 is 2.10 bits per heavy atom. The number of carboxylic acid groups (broad SMARTS) is 1. The van der Waals surface area contributed by atoms with E-state index in [0.29, 0.717) is 5.56 Å². The van der Waals surface area contributed by atoms with Crippen molar-refractivity contribution in [3.63, 3.8) is 0 Å². The monoisotopic (exact) mass is 324 g/mol. The predicted octanol–water partition coefficient (Wildman–Crippen LogP) is 0.437. The van der Waals surface area contributed by atoms with E-state index in [-0.39, 0.29) is 20.7 Å². The van der Waals surface area contributed by atoms with E-state index in [1.54, 1.807) is 0 Å². The first-order valence-electron chi connectivity index (χ1n) is 5.81. The minimum absolute atomic E-state index is 0.131. The quantitative estimate of drug-likeness (QED) is 0.472. The van der Waals surface area contributed by atoms with E-state index in [0.717, 1.165) is 16.7 Å². The SMILES string of the molecule is C[C@H](C(=O)[O-])N1C(=O)/C(=C\c2ccc(O)c(O)c2)SC1=S. The Balaban J connectivity index is 2.32. The van der Waals surface area contributed by atoms with Crippen LogP contribution in [-0.2, 0) is 9.59 Å². The lowest BCUT2D eigenvalue weighted by Crippen LogP contribution is -2.48. The molecule has 0 saturated carbocycles. The molecule has 2 rings (SSSR count). The van der Waals surface area contributed by atoms with Crippen LogP contribution in [0.1, 0.15) is 12.5 Å². The van der Waals surface area contributed by atoms with Gasteiger partial charge in [0.25, 0.3) is 5.91 Å². The summed E-state index contributed by atoms with van der Waals surface area (Å²) in [5.74, 6) is -2.52. The van der Waals surface area contributed by atoms with Crippen molar-refractivity contribution >= 4 is 46.3 Å². The molecule has 1 aromatic carbocycles. The summed E-state index contributed by atoms with van der Waals surface area (Å²) < 4.78 is 0.131. The second kappa shape index (κ2) is 5.74. The third-order valence-corrected chi connectivity index (χ3v) is 4.18. The van der Waals surface area contributed by atoms with Gasteiger partial charge in [0, 0.05) is 0 Å². The number of aliphatic carboxylic acids is 1. The fourth-order valence-electron chi connectivity index (χ4n) is 1.70. The van der Waals surface area contributed by atoms with Gasteiger partial charge in [-0.3, -0.25) is 9.69 Å². The first-order chi connectivity index (χ1) is 9.81. The van der Waals surface area contributed by atoms with Gasteiger partial charge >= 0.3 is 0 Å².